The van der Waals surface area contributed by atoms with E-state index in [1.54, 1.807) is 24.3 Å². The first-order valence-corrected chi connectivity index (χ1v) is 11.0. The van der Waals surface area contributed by atoms with Crippen LogP contribution in [0.5, 0.6) is 11.5 Å². The number of benzene rings is 3. The van der Waals surface area contributed by atoms with Gasteiger partial charge in [-0.1, -0.05) is 30.3 Å². The van der Waals surface area contributed by atoms with Gasteiger partial charge in [-0.05, 0) is 48.0 Å². The van der Waals surface area contributed by atoms with Crippen LogP contribution in [-0.2, 0) is 14.9 Å². The number of carbonyl (C=O) groups is 1. The van der Waals surface area contributed by atoms with Crippen LogP contribution in [0.15, 0.2) is 83.3 Å². The van der Waals surface area contributed by atoms with Gasteiger partial charge in [-0.3, -0.25) is 14.9 Å². The van der Waals surface area contributed by atoms with Crippen LogP contribution in [0.3, 0.4) is 0 Å². The fourth-order valence-corrected chi connectivity index (χ4v) is 3.76. The molecule has 3 rings (SSSR count). The van der Waals surface area contributed by atoms with Crippen molar-refractivity contribution in [3.63, 3.8) is 0 Å². The molecule has 1 amide bonds. The number of ether oxygens (including phenoxy) is 1. The van der Waals surface area contributed by atoms with Crippen molar-refractivity contribution in [3.05, 3.63) is 94.0 Å². The predicted molar refractivity (Wildman–Crippen MR) is 123 cm³/mol. The number of nitrogens with zero attached hydrogens (tertiary/aromatic N) is 2. The molecule has 0 unspecified atom stereocenters. The zero-order chi connectivity index (χ0) is 24.7. The lowest BCUT2D eigenvalue weighted by atomic mass is 10.1. The fraction of sp³-hybridized carbons (Fsp3) is 0.0435. The summed E-state index contributed by atoms with van der Waals surface area (Å²) in [6, 6.07) is 18.9. The quantitative estimate of drug-likeness (QED) is 0.168. The normalized spacial score (nSPS) is 11.2. The Balaban J connectivity index is 1.84. The van der Waals surface area contributed by atoms with Crippen molar-refractivity contribution >= 4 is 33.5 Å². The molecule has 0 aliphatic rings. The molecular formula is C23H17N3O7S. The number of hydrogen-bond acceptors (Lipinski definition) is 8. The zero-order valence-corrected chi connectivity index (χ0v) is 18.5. The highest BCUT2D eigenvalue weighted by Crippen LogP contribution is 2.29. The van der Waals surface area contributed by atoms with E-state index >= 15 is 0 Å². The third-order valence-corrected chi connectivity index (χ3v) is 5.68. The maximum absolute atomic E-state index is 12.6. The van der Waals surface area contributed by atoms with Crippen LogP contribution in [0.25, 0.3) is 6.08 Å². The van der Waals surface area contributed by atoms with Crippen molar-refractivity contribution in [2.45, 2.75) is 4.90 Å². The van der Waals surface area contributed by atoms with Gasteiger partial charge < -0.3 is 14.2 Å². The molecule has 0 saturated heterocycles. The molecule has 0 saturated carbocycles. The van der Waals surface area contributed by atoms with Crippen LogP contribution in [0.2, 0.25) is 0 Å². The molecule has 0 aromatic heterocycles. The fourth-order valence-electron chi connectivity index (χ4n) is 2.82. The molecule has 0 spiro atoms. The number of carbonyl (C=O) groups excluding carboxylic acids is 1. The standard InChI is InChI=1S/C23H17N3O7S/c1-32-18-10-11-21(22(14-18)26(28)29)25-23(27)17(15-24)12-16-6-5-7-19(13-16)33-34(30,31)20-8-3-2-4-9-20/h2-14H,1H3,(H,25,27)/b17-12+. The summed E-state index contributed by atoms with van der Waals surface area (Å²) >= 11 is 0. The summed E-state index contributed by atoms with van der Waals surface area (Å²) in [5, 5.41) is 23.1. The van der Waals surface area contributed by atoms with Gasteiger partial charge in [-0.25, -0.2) is 0 Å². The highest BCUT2D eigenvalue weighted by molar-refractivity contribution is 7.87. The Morgan fingerprint density at radius 1 is 1.06 bits per heavy atom. The van der Waals surface area contributed by atoms with Gasteiger partial charge in [0.05, 0.1) is 18.1 Å². The Morgan fingerprint density at radius 3 is 2.44 bits per heavy atom. The molecule has 0 aliphatic heterocycles. The number of hydrogen-bond donors (Lipinski definition) is 1. The van der Waals surface area contributed by atoms with Crippen molar-refractivity contribution in [2.75, 3.05) is 12.4 Å². The van der Waals surface area contributed by atoms with E-state index in [2.05, 4.69) is 5.32 Å². The van der Waals surface area contributed by atoms with Crippen LogP contribution in [-0.4, -0.2) is 26.4 Å². The molecule has 0 fully saturated rings. The summed E-state index contributed by atoms with van der Waals surface area (Å²) in [5.74, 6) is -0.692. The van der Waals surface area contributed by atoms with Crippen LogP contribution >= 0.6 is 0 Å². The molecule has 0 bridgehead atoms. The summed E-state index contributed by atoms with van der Waals surface area (Å²) in [6.07, 6.45) is 1.20. The number of nitriles is 1. The Bertz CT molecular complexity index is 1410. The van der Waals surface area contributed by atoms with Crippen LogP contribution in [0.1, 0.15) is 5.56 Å². The van der Waals surface area contributed by atoms with E-state index in [1.165, 1.54) is 61.7 Å². The van der Waals surface area contributed by atoms with E-state index in [0.29, 0.717) is 5.56 Å². The summed E-state index contributed by atoms with van der Waals surface area (Å²) in [4.78, 5) is 23.2. The summed E-state index contributed by atoms with van der Waals surface area (Å²) in [7, 11) is -2.73. The predicted octanol–water partition coefficient (Wildman–Crippen LogP) is 3.92. The summed E-state index contributed by atoms with van der Waals surface area (Å²) in [5.41, 5.74) is -0.598. The van der Waals surface area contributed by atoms with Crippen molar-refractivity contribution < 1.29 is 27.1 Å². The van der Waals surface area contributed by atoms with Gasteiger partial charge in [-0.2, -0.15) is 13.7 Å². The van der Waals surface area contributed by atoms with E-state index in [1.807, 2.05) is 0 Å². The Hall–Kier alpha value is -4.69. The Labute approximate surface area is 194 Å². The molecular weight excluding hydrogens is 462 g/mol. The monoisotopic (exact) mass is 479 g/mol. The molecule has 0 radical (unpaired) electrons. The van der Waals surface area contributed by atoms with Gasteiger partial charge >= 0.3 is 10.1 Å². The van der Waals surface area contributed by atoms with E-state index in [-0.39, 0.29) is 27.7 Å². The van der Waals surface area contributed by atoms with Gasteiger partial charge in [0.15, 0.2) is 0 Å². The number of nitro groups is 1. The number of methoxy groups -OCH3 is 1. The average Bonchev–Trinajstić information content (AvgIpc) is 2.83. The van der Waals surface area contributed by atoms with E-state index in [4.69, 9.17) is 8.92 Å². The van der Waals surface area contributed by atoms with Crippen molar-refractivity contribution in [2.24, 2.45) is 0 Å². The average molecular weight is 479 g/mol. The minimum atomic E-state index is -4.08. The highest BCUT2D eigenvalue weighted by Gasteiger charge is 2.20. The van der Waals surface area contributed by atoms with Gasteiger partial charge in [0.2, 0.25) is 0 Å². The van der Waals surface area contributed by atoms with Crippen LogP contribution in [0, 0.1) is 21.4 Å². The van der Waals surface area contributed by atoms with Crippen LogP contribution < -0.4 is 14.2 Å². The van der Waals surface area contributed by atoms with E-state index < -0.39 is 26.6 Å². The lowest BCUT2D eigenvalue weighted by Crippen LogP contribution is -2.14. The molecule has 0 aliphatic carbocycles. The van der Waals surface area contributed by atoms with E-state index in [0.717, 1.165) is 6.07 Å². The van der Waals surface area contributed by atoms with E-state index in [9.17, 15) is 28.6 Å². The van der Waals surface area contributed by atoms with Gasteiger partial charge in [0, 0.05) is 0 Å². The molecule has 10 nitrogen and oxygen atoms in total. The molecule has 0 heterocycles. The molecule has 3 aromatic carbocycles. The second kappa shape index (κ2) is 10.3. The lowest BCUT2D eigenvalue weighted by Gasteiger charge is -2.08. The SMILES string of the molecule is COc1ccc(NC(=O)/C(C#N)=C/c2cccc(OS(=O)(=O)c3ccccc3)c2)c([N+](=O)[O-])c1. The van der Waals surface area contributed by atoms with Crippen molar-refractivity contribution in [1.82, 2.24) is 0 Å². The van der Waals surface area contributed by atoms with Gasteiger partial charge in [0.1, 0.15) is 33.7 Å². The van der Waals surface area contributed by atoms with Crippen molar-refractivity contribution in [3.8, 4) is 17.6 Å². The number of amides is 1. The maximum Gasteiger partial charge on any atom is 0.339 e. The van der Waals surface area contributed by atoms with Gasteiger partial charge in [0.25, 0.3) is 11.6 Å². The number of anilines is 1. The Morgan fingerprint density at radius 2 is 1.79 bits per heavy atom. The number of rotatable bonds is 8. The third kappa shape index (κ3) is 5.76. The third-order valence-electron chi connectivity index (χ3n) is 4.42. The lowest BCUT2D eigenvalue weighted by molar-refractivity contribution is -0.384. The zero-order valence-electron chi connectivity index (χ0n) is 17.7. The second-order valence-corrected chi connectivity index (χ2v) is 8.23. The Kier molecular flexibility index (Phi) is 7.25. The first-order chi connectivity index (χ1) is 16.2. The minimum Gasteiger partial charge on any atom is -0.496 e. The second-order valence-electron chi connectivity index (χ2n) is 6.69. The topological polar surface area (TPSA) is 149 Å². The molecule has 172 valence electrons. The first-order valence-electron chi connectivity index (χ1n) is 9.58. The maximum atomic E-state index is 12.6. The number of nitrogens with one attached hydrogen (secondary N) is 1. The molecule has 0 atom stereocenters. The van der Waals surface area contributed by atoms with Crippen LogP contribution in [0.4, 0.5) is 11.4 Å². The molecule has 1 N–H and O–H groups in total. The molecule has 34 heavy (non-hydrogen) atoms. The minimum absolute atomic E-state index is 0.0268. The van der Waals surface area contributed by atoms with Gasteiger partial charge in [-0.15, -0.1) is 0 Å². The molecule has 3 aromatic rings. The van der Waals surface area contributed by atoms with Crippen molar-refractivity contribution in [1.29, 1.82) is 5.26 Å². The number of nitro benzene ring substituents is 1. The summed E-state index contributed by atoms with van der Waals surface area (Å²) in [6.45, 7) is 0. The highest BCUT2D eigenvalue weighted by atomic mass is 32.2. The first kappa shape index (κ1) is 24.0. The smallest absolute Gasteiger partial charge is 0.339 e. The summed E-state index contributed by atoms with van der Waals surface area (Å²) < 4.78 is 34.9. The molecule has 11 heteroatoms. The largest absolute Gasteiger partial charge is 0.496 e.